The van der Waals surface area contributed by atoms with E-state index in [0.29, 0.717) is 6.54 Å². The first-order chi connectivity index (χ1) is 10.3. The van der Waals surface area contributed by atoms with Crippen molar-refractivity contribution in [2.45, 2.75) is 38.9 Å². The zero-order valence-electron chi connectivity index (χ0n) is 13.6. The van der Waals surface area contributed by atoms with Crippen molar-refractivity contribution in [1.29, 1.82) is 0 Å². The zero-order valence-corrected chi connectivity index (χ0v) is 14.4. The highest BCUT2D eigenvalue weighted by molar-refractivity contribution is 7.17. The average Bonchev–Trinajstić information content (AvgIpc) is 2.98. The Morgan fingerprint density at radius 3 is 2.50 bits per heavy atom. The van der Waals surface area contributed by atoms with Crippen LogP contribution in [0.3, 0.4) is 0 Å². The van der Waals surface area contributed by atoms with E-state index in [1.807, 2.05) is 0 Å². The molecular formula is C17H22BNO2S. The quantitative estimate of drug-likeness (QED) is 0.874. The summed E-state index contributed by atoms with van der Waals surface area (Å²) < 4.78 is 13.5. The summed E-state index contributed by atoms with van der Waals surface area (Å²) in [6, 6.07) is 8.56. The Labute approximate surface area is 136 Å². The smallest absolute Gasteiger partial charge is 0.400 e. The Morgan fingerprint density at radius 1 is 1.18 bits per heavy atom. The van der Waals surface area contributed by atoms with Crippen molar-refractivity contribution in [3.63, 3.8) is 0 Å². The van der Waals surface area contributed by atoms with Gasteiger partial charge in [0, 0.05) is 11.2 Å². The van der Waals surface area contributed by atoms with Gasteiger partial charge in [0.05, 0.1) is 11.2 Å². The summed E-state index contributed by atoms with van der Waals surface area (Å²) in [5.41, 5.74) is 7.35. The molecule has 22 heavy (non-hydrogen) atoms. The summed E-state index contributed by atoms with van der Waals surface area (Å²) in [6.45, 7) is 8.63. The maximum absolute atomic E-state index is 6.09. The zero-order chi connectivity index (χ0) is 16.0. The molecule has 0 unspecified atom stereocenters. The second-order valence-corrected chi connectivity index (χ2v) is 7.68. The Kier molecular flexibility index (Phi) is 3.93. The lowest BCUT2D eigenvalue weighted by Gasteiger charge is -2.32. The van der Waals surface area contributed by atoms with Crippen LogP contribution in [0.1, 0.15) is 33.3 Å². The molecule has 1 aliphatic rings. The van der Waals surface area contributed by atoms with Crippen LogP contribution in [0.25, 0.3) is 16.2 Å². The number of thiophene rings is 1. The first kappa shape index (κ1) is 15.7. The topological polar surface area (TPSA) is 44.5 Å². The Morgan fingerprint density at radius 2 is 1.86 bits per heavy atom. The van der Waals surface area contributed by atoms with Crippen LogP contribution in [0.2, 0.25) is 0 Å². The normalized spacial score (nSPS) is 20.8. The lowest BCUT2D eigenvalue weighted by molar-refractivity contribution is 0.00578. The van der Waals surface area contributed by atoms with Crippen molar-refractivity contribution in [2.24, 2.45) is 5.73 Å². The molecule has 0 radical (unpaired) electrons. The van der Waals surface area contributed by atoms with Crippen LogP contribution in [0, 0.1) is 0 Å². The van der Waals surface area contributed by atoms with Crippen molar-refractivity contribution in [3.8, 4) is 0 Å². The van der Waals surface area contributed by atoms with Crippen LogP contribution in [-0.2, 0) is 9.31 Å². The monoisotopic (exact) mass is 315 g/mol. The molecule has 1 aromatic heterocycles. The van der Waals surface area contributed by atoms with E-state index in [9.17, 15) is 0 Å². The maximum atomic E-state index is 6.09. The SMILES string of the molecule is CC1(C)OB(C(=Cc2ccc3sccc3c2)CN)OC1(C)C. The molecule has 0 bridgehead atoms. The van der Waals surface area contributed by atoms with Gasteiger partial charge in [-0.3, -0.25) is 0 Å². The Bertz CT molecular complexity index is 704. The van der Waals surface area contributed by atoms with Crippen LogP contribution < -0.4 is 5.73 Å². The van der Waals surface area contributed by atoms with E-state index in [-0.39, 0.29) is 18.3 Å². The average molecular weight is 315 g/mol. The third-order valence-electron chi connectivity index (χ3n) is 4.62. The second-order valence-electron chi connectivity index (χ2n) is 6.73. The van der Waals surface area contributed by atoms with Crippen molar-refractivity contribution < 1.29 is 9.31 Å². The van der Waals surface area contributed by atoms with Gasteiger partial charge in [-0.15, -0.1) is 11.3 Å². The first-order valence-corrected chi connectivity index (χ1v) is 8.44. The number of benzene rings is 1. The number of fused-ring (bicyclic) bond motifs is 1. The van der Waals surface area contributed by atoms with E-state index in [1.165, 1.54) is 10.1 Å². The van der Waals surface area contributed by atoms with E-state index in [2.05, 4.69) is 63.4 Å². The molecule has 3 nitrogen and oxygen atoms in total. The van der Waals surface area contributed by atoms with E-state index >= 15 is 0 Å². The Balaban J connectivity index is 1.90. The molecule has 1 aliphatic heterocycles. The molecule has 2 N–H and O–H groups in total. The minimum atomic E-state index is -0.381. The van der Waals surface area contributed by atoms with Crippen molar-refractivity contribution in [3.05, 3.63) is 40.7 Å². The Hall–Kier alpha value is -1.14. The second kappa shape index (κ2) is 5.50. The highest BCUT2D eigenvalue weighted by Crippen LogP contribution is 2.38. The van der Waals surface area contributed by atoms with Gasteiger partial charge in [0.15, 0.2) is 0 Å². The molecule has 5 heteroatoms. The summed E-state index contributed by atoms with van der Waals surface area (Å²) in [5, 5.41) is 3.36. The van der Waals surface area contributed by atoms with Gasteiger partial charge in [0.2, 0.25) is 0 Å². The van der Waals surface area contributed by atoms with E-state index < -0.39 is 0 Å². The number of hydrogen-bond acceptors (Lipinski definition) is 4. The molecule has 0 saturated carbocycles. The molecule has 116 valence electrons. The van der Waals surface area contributed by atoms with Crippen LogP contribution in [0.4, 0.5) is 0 Å². The molecule has 2 aromatic rings. The van der Waals surface area contributed by atoms with Gasteiger partial charge in [-0.1, -0.05) is 12.1 Å². The molecule has 0 atom stereocenters. The fraction of sp³-hybridized carbons (Fsp3) is 0.412. The standard InChI is InChI=1S/C17H22BNO2S/c1-16(2)17(3,4)21-18(20-16)14(11-19)10-12-5-6-15-13(9-12)7-8-22-15/h5-10H,11,19H2,1-4H3. The molecule has 0 aliphatic carbocycles. The van der Waals surface area contributed by atoms with Gasteiger partial charge < -0.3 is 15.0 Å². The van der Waals surface area contributed by atoms with Crippen LogP contribution >= 0.6 is 11.3 Å². The largest absolute Gasteiger partial charge is 0.491 e. The van der Waals surface area contributed by atoms with Crippen LogP contribution in [-0.4, -0.2) is 24.9 Å². The van der Waals surface area contributed by atoms with Gasteiger partial charge in [-0.25, -0.2) is 0 Å². The predicted octanol–water partition coefficient (Wildman–Crippen LogP) is 3.87. The molecule has 1 saturated heterocycles. The molecule has 1 aromatic carbocycles. The van der Waals surface area contributed by atoms with Crippen molar-refractivity contribution in [1.82, 2.24) is 0 Å². The van der Waals surface area contributed by atoms with Crippen LogP contribution in [0.5, 0.6) is 0 Å². The maximum Gasteiger partial charge on any atom is 0.491 e. The summed E-state index contributed by atoms with van der Waals surface area (Å²) in [7, 11) is -0.381. The van der Waals surface area contributed by atoms with E-state index in [4.69, 9.17) is 15.0 Å². The number of hydrogen-bond donors (Lipinski definition) is 1. The fourth-order valence-corrected chi connectivity index (χ4v) is 3.28. The molecule has 1 fully saturated rings. The number of rotatable bonds is 3. The van der Waals surface area contributed by atoms with E-state index in [0.717, 1.165) is 11.0 Å². The highest BCUT2D eigenvalue weighted by atomic mass is 32.1. The summed E-state index contributed by atoms with van der Waals surface area (Å²) in [5.74, 6) is 0. The van der Waals surface area contributed by atoms with Gasteiger partial charge in [0.25, 0.3) is 0 Å². The van der Waals surface area contributed by atoms with Crippen molar-refractivity contribution >= 4 is 34.6 Å². The summed E-state index contributed by atoms with van der Waals surface area (Å²) in [4.78, 5) is 0. The van der Waals surface area contributed by atoms with Gasteiger partial charge >= 0.3 is 7.12 Å². The molecule has 0 amide bonds. The molecule has 3 rings (SSSR count). The number of nitrogens with two attached hydrogens (primary N) is 1. The molecular weight excluding hydrogens is 293 g/mol. The molecule has 2 heterocycles. The summed E-state index contributed by atoms with van der Waals surface area (Å²) in [6.07, 6.45) is 2.08. The minimum absolute atomic E-state index is 0.344. The lowest BCUT2D eigenvalue weighted by atomic mass is 9.77. The van der Waals surface area contributed by atoms with Gasteiger partial charge in [-0.05, 0) is 67.7 Å². The highest BCUT2D eigenvalue weighted by Gasteiger charge is 2.52. The van der Waals surface area contributed by atoms with Crippen molar-refractivity contribution in [2.75, 3.05) is 6.54 Å². The van der Waals surface area contributed by atoms with Gasteiger partial charge in [0.1, 0.15) is 0 Å². The van der Waals surface area contributed by atoms with E-state index in [1.54, 1.807) is 11.3 Å². The summed E-state index contributed by atoms with van der Waals surface area (Å²) >= 11 is 1.75. The predicted molar refractivity (Wildman–Crippen MR) is 94.9 cm³/mol. The fourth-order valence-electron chi connectivity index (χ4n) is 2.51. The molecule has 0 spiro atoms. The lowest BCUT2D eigenvalue weighted by Crippen LogP contribution is -2.41. The third kappa shape index (κ3) is 2.74. The van der Waals surface area contributed by atoms with Gasteiger partial charge in [-0.2, -0.15) is 0 Å². The third-order valence-corrected chi connectivity index (χ3v) is 5.52. The van der Waals surface area contributed by atoms with Crippen LogP contribution in [0.15, 0.2) is 35.1 Å². The minimum Gasteiger partial charge on any atom is -0.400 e. The first-order valence-electron chi connectivity index (χ1n) is 7.56.